The fraction of sp³-hybridized carbons (Fsp3) is 0.846. The Morgan fingerprint density at radius 3 is 2.80 bits per heavy atom. The van der Waals surface area contributed by atoms with Crippen LogP contribution in [0.2, 0.25) is 0 Å². The van der Waals surface area contributed by atoms with E-state index in [0.717, 1.165) is 6.42 Å². The molecule has 1 heterocycles. The van der Waals surface area contributed by atoms with Gasteiger partial charge < -0.3 is 15.4 Å². The summed E-state index contributed by atoms with van der Waals surface area (Å²) in [6.45, 7) is 4.60. The Hall–Kier alpha value is -0.790. The lowest BCUT2D eigenvalue weighted by Crippen LogP contribution is -2.51. The molecule has 7 heteroatoms. The molecule has 0 radical (unpaired) electrons. The largest absolute Gasteiger partial charge is 0.373 e. The van der Waals surface area contributed by atoms with E-state index in [1.165, 1.54) is 0 Å². The minimum Gasteiger partial charge on any atom is -0.373 e. The van der Waals surface area contributed by atoms with Crippen LogP contribution >= 0.6 is 11.8 Å². The smallest absolute Gasteiger partial charge is 0.235 e. The molecule has 0 aromatic heterocycles. The van der Waals surface area contributed by atoms with Crippen LogP contribution in [-0.2, 0) is 14.3 Å². The maximum atomic E-state index is 12.3. The SMILES string of the molecule is CC[C@@H](SC)C(=O)N1CCO[C@@H](CN(C)CC(N)=O)C1. The molecule has 1 rings (SSSR count). The van der Waals surface area contributed by atoms with Gasteiger partial charge in [-0.2, -0.15) is 11.8 Å². The van der Waals surface area contributed by atoms with Crippen LogP contribution in [0.4, 0.5) is 0 Å². The number of ether oxygens (including phenoxy) is 1. The molecule has 0 aromatic rings. The quantitative estimate of drug-likeness (QED) is 0.703. The summed E-state index contributed by atoms with van der Waals surface area (Å²) in [5.74, 6) is -0.171. The molecule has 0 saturated carbocycles. The highest BCUT2D eigenvalue weighted by Crippen LogP contribution is 2.16. The Bertz CT molecular complexity index is 337. The highest BCUT2D eigenvalue weighted by molar-refractivity contribution is 7.99. The molecular weight excluding hydrogens is 278 g/mol. The molecular formula is C13H25N3O3S. The highest BCUT2D eigenvalue weighted by Gasteiger charge is 2.28. The van der Waals surface area contributed by atoms with Crippen molar-refractivity contribution in [2.75, 3.05) is 46.1 Å². The third kappa shape index (κ3) is 5.30. The van der Waals surface area contributed by atoms with Crippen LogP contribution < -0.4 is 5.73 Å². The maximum Gasteiger partial charge on any atom is 0.235 e. The van der Waals surface area contributed by atoms with Gasteiger partial charge in [0.05, 0.1) is 24.5 Å². The summed E-state index contributed by atoms with van der Waals surface area (Å²) in [5, 5.41) is 0.0251. The van der Waals surface area contributed by atoms with Crippen LogP contribution in [0, 0.1) is 0 Å². The van der Waals surface area contributed by atoms with Gasteiger partial charge in [-0.25, -0.2) is 0 Å². The van der Waals surface area contributed by atoms with Crippen molar-refractivity contribution in [1.29, 1.82) is 0 Å². The van der Waals surface area contributed by atoms with Gasteiger partial charge in [0.25, 0.3) is 0 Å². The van der Waals surface area contributed by atoms with Crippen molar-refractivity contribution < 1.29 is 14.3 Å². The van der Waals surface area contributed by atoms with E-state index in [9.17, 15) is 9.59 Å². The molecule has 2 amide bonds. The van der Waals surface area contributed by atoms with Crippen molar-refractivity contribution in [3.05, 3.63) is 0 Å². The second-order valence-electron chi connectivity index (χ2n) is 5.07. The summed E-state index contributed by atoms with van der Waals surface area (Å²) in [7, 11) is 1.83. The lowest BCUT2D eigenvalue weighted by Gasteiger charge is -2.36. The summed E-state index contributed by atoms with van der Waals surface area (Å²) in [6, 6.07) is 0. The summed E-state index contributed by atoms with van der Waals surface area (Å²) in [5.41, 5.74) is 5.16. The Balaban J connectivity index is 2.49. The second kappa shape index (κ2) is 8.49. The highest BCUT2D eigenvalue weighted by atomic mass is 32.2. The molecule has 20 heavy (non-hydrogen) atoms. The minimum atomic E-state index is -0.357. The third-order valence-electron chi connectivity index (χ3n) is 3.32. The summed E-state index contributed by atoms with van der Waals surface area (Å²) >= 11 is 1.59. The van der Waals surface area contributed by atoms with Gasteiger partial charge in [-0.05, 0) is 19.7 Å². The molecule has 0 aliphatic carbocycles. The van der Waals surface area contributed by atoms with E-state index in [1.807, 2.05) is 30.0 Å². The fourth-order valence-electron chi connectivity index (χ4n) is 2.35. The first-order chi connectivity index (χ1) is 9.47. The molecule has 0 spiro atoms. The molecule has 116 valence electrons. The summed E-state index contributed by atoms with van der Waals surface area (Å²) in [6.07, 6.45) is 2.74. The predicted molar refractivity (Wildman–Crippen MR) is 80.6 cm³/mol. The average Bonchev–Trinajstić information content (AvgIpc) is 2.39. The van der Waals surface area contributed by atoms with Crippen LogP contribution in [0.15, 0.2) is 0 Å². The number of primary amides is 1. The molecule has 1 aliphatic heterocycles. The minimum absolute atomic E-state index is 0.0251. The number of nitrogens with two attached hydrogens (primary N) is 1. The van der Waals surface area contributed by atoms with Crippen molar-refractivity contribution in [2.45, 2.75) is 24.7 Å². The van der Waals surface area contributed by atoms with E-state index >= 15 is 0 Å². The fourth-order valence-corrected chi connectivity index (χ4v) is 3.04. The molecule has 0 bridgehead atoms. The normalized spacial score (nSPS) is 21.0. The van der Waals surface area contributed by atoms with Crippen molar-refractivity contribution in [3.8, 4) is 0 Å². The first-order valence-corrected chi connectivity index (χ1v) is 8.16. The standard InChI is InChI=1S/C13H25N3O3S/c1-4-11(20-3)13(18)16-5-6-19-10(8-16)7-15(2)9-12(14)17/h10-11H,4-9H2,1-3H3,(H2,14,17)/t10-,11+/m0/s1. The molecule has 1 saturated heterocycles. The van der Waals surface area contributed by atoms with Crippen molar-refractivity contribution in [2.24, 2.45) is 5.73 Å². The molecule has 2 atom stereocenters. The maximum absolute atomic E-state index is 12.3. The van der Waals surface area contributed by atoms with Crippen LogP contribution in [0.25, 0.3) is 0 Å². The number of hydrogen-bond donors (Lipinski definition) is 1. The van der Waals surface area contributed by atoms with Crippen LogP contribution in [-0.4, -0.2) is 79.1 Å². The van der Waals surface area contributed by atoms with E-state index in [2.05, 4.69) is 0 Å². The number of thioether (sulfide) groups is 1. The average molecular weight is 303 g/mol. The van der Waals surface area contributed by atoms with E-state index in [4.69, 9.17) is 10.5 Å². The summed E-state index contributed by atoms with van der Waals surface area (Å²) in [4.78, 5) is 26.9. The van der Waals surface area contributed by atoms with Gasteiger partial charge in [-0.15, -0.1) is 0 Å². The zero-order valence-electron chi connectivity index (χ0n) is 12.5. The monoisotopic (exact) mass is 303 g/mol. The Kier molecular flexibility index (Phi) is 7.32. The molecule has 1 aliphatic rings. The third-order valence-corrected chi connectivity index (χ3v) is 4.43. The number of hydrogen-bond acceptors (Lipinski definition) is 5. The Morgan fingerprint density at radius 2 is 2.25 bits per heavy atom. The van der Waals surface area contributed by atoms with Gasteiger partial charge in [-0.3, -0.25) is 14.5 Å². The van der Waals surface area contributed by atoms with Crippen LogP contribution in [0.5, 0.6) is 0 Å². The lowest BCUT2D eigenvalue weighted by molar-refractivity contribution is -0.139. The van der Waals surface area contributed by atoms with Gasteiger partial charge in [0.1, 0.15) is 0 Å². The summed E-state index contributed by atoms with van der Waals surface area (Å²) < 4.78 is 5.66. The molecule has 0 aromatic carbocycles. The lowest BCUT2D eigenvalue weighted by atomic mass is 10.2. The molecule has 0 unspecified atom stereocenters. The predicted octanol–water partition coefficient (Wildman–Crippen LogP) is -0.227. The number of nitrogens with zero attached hydrogens (tertiary/aromatic N) is 2. The first kappa shape index (κ1) is 17.3. The number of likely N-dealkylation sites (N-methyl/N-ethyl adjacent to an activating group) is 1. The Morgan fingerprint density at radius 1 is 1.55 bits per heavy atom. The number of carbonyl (C=O) groups is 2. The van der Waals surface area contributed by atoms with Crippen LogP contribution in [0.1, 0.15) is 13.3 Å². The van der Waals surface area contributed by atoms with Gasteiger partial charge in [0.15, 0.2) is 0 Å². The van der Waals surface area contributed by atoms with Gasteiger partial charge in [-0.1, -0.05) is 6.92 Å². The van der Waals surface area contributed by atoms with Crippen LogP contribution in [0.3, 0.4) is 0 Å². The van der Waals surface area contributed by atoms with E-state index in [1.54, 1.807) is 11.8 Å². The second-order valence-corrected chi connectivity index (χ2v) is 6.11. The number of morpholine rings is 1. The number of amides is 2. The van der Waals surface area contributed by atoms with Gasteiger partial charge in [0.2, 0.25) is 11.8 Å². The van der Waals surface area contributed by atoms with Crippen molar-refractivity contribution >= 4 is 23.6 Å². The molecule has 1 fully saturated rings. The van der Waals surface area contributed by atoms with E-state index in [-0.39, 0.29) is 29.7 Å². The molecule has 2 N–H and O–H groups in total. The zero-order chi connectivity index (χ0) is 15.1. The van der Waals surface area contributed by atoms with Crippen molar-refractivity contribution in [3.63, 3.8) is 0 Å². The number of rotatable bonds is 7. The van der Waals surface area contributed by atoms with E-state index < -0.39 is 0 Å². The van der Waals surface area contributed by atoms with Gasteiger partial charge in [0, 0.05) is 19.6 Å². The topological polar surface area (TPSA) is 75.9 Å². The Labute approximate surface area is 125 Å². The van der Waals surface area contributed by atoms with E-state index in [0.29, 0.717) is 26.2 Å². The first-order valence-electron chi connectivity index (χ1n) is 6.88. The molecule has 6 nitrogen and oxygen atoms in total. The number of carbonyl (C=O) groups excluding carboxylic acids is 2. The van der Waals surface area contributed by atoms with Gasteiger partial charge >= 0.3 is 0 Å². The zero-order valence-corrected chi connectivity index (χ0v) is 13.3. The van der Waals surface area contributed by atoms with Crippen molar-refractivity contribution in [1.82, 2.24) is 9.80 Å².